The van der Waals surface area contributed by atoms with Crippen molar-refractivity contribution in [3.05, 3.63) is 12.2 Å². The van der Waals surface area contributed by atoms with Crippen LogP contribution in [0.1, 0.15) is 60.8 Å². The van der Waals surface area contributed by atoms with Crippen LogP contribution in [0.25, 0.3) is 0 Å². The maximum atomic E-state index is 13.1. The molecule has 156 valence electrons. The number of unbranched alkanes of at least 4 members (excludes halogenated alkanes) is 1. The Morgan fingerprint density at radius 1 is 1.19 bits per heavy atom. The number of carbonyl (C=O) groups is 1. The number of rotatable bonds is 6. The van der Waals surface area contributed by atoms with Gasteiger partial charge in [0, 0.05) is 12.5 Å². The van der Waals surface area contributed by atoms with E-state index in [9.17, 15) is 13.2 Å². The van der Waals surface area contributed by atoms with Gasteiger partial charge in [-0.25, -0.2) is 17.5 Å². The number of fused-ring (bicyclic) bond motifs is 1. The molecule has 5 atom stereocenters. The highest BCUT2D eigenvalue weighted by molar-refractivity contribution is 7.90. The molecule has 1 saturated heterocycles. The minimum atomic E-state index is -3.79. The molecule has 2 aliphatic rings. The lowest BCUT2D eigenvalue weighted by molar-refractivity contribution is 0.0213. The third-order valence-corrected chi connectivity index (χ3v) is 7.70. The molecule has 1 heterocycles. The van der Waals surface area contributed by atoms with Crippen molar-refractivity contribution in [1.29, 1.82) is 0 Å². The van der Waals surface area contributed by atoms with E-state index in [4.69, 9.17) is 9.47 Å². The van der Waals surface area contributed by atoms with Crippen LogP contribution in [0.15, 0.2) is 12.2 Å². The van der Waals surface area contributed by atoms with Crippen molar-refractivity contribution < 1.29 is 22.7 Å². The van der Waals surface area contributed by atoms with Crippen LogP contribution in [0.4, 0.5) is 4.79 Å². The summed E-state index contributed by atoms with van der Waals surface area (Å²) in [5.74, 6) is 0.141. The molecule has 1 aliphatic carbocycles. The second-order valence-corrected chi connectivity index (χ2v) is 10.6. The highest BCUT2D eigenvalue weighted by Crippen LogP contribution is 2.46. The van der Waals surface area contributed by atoms with E-state index in [1.165, 1.54) is 0 Å². The highest BCUT2D eigenvalue weighted by atomic mass is 32.2. The quantitative estimate of drug-likeness (QED) is 0.497. The fraction of sp³-hybridized carbons (Fsp3) is 0.850. The van der Waals surface area contributed by atoms with Crippen LogP contribution >= 0.6 is 0 Å². The van der Waals surface area contributed by atoms with Gasteiger partial charge in [0.25, 0.3) is 0 Å². The maximum absolute atomic E-state index is 13.1. The average molecular weight is 402 g/mol. The molecule has 7 heteroatoms. The van der Waals surface area contributed by atoms with E-state index >= 15 is 0 Å². The van der Waals surface area contributed by atoms with E-state index in [1.807, 2.05) is 13.0 Å². The van der Waals surface area contributed by atoms with Crippen molar-refractivity contribution in [2.45, 2.75) is 77.7 Å². The van der Waals surface area contributed by atoms with Crippen LogP contribution in [0.3, 0.4) is 0 Å². The largest absolute Gasteiger partial charge is 0.443 e. The summed E-state index contributed by atoms with van der Waals surface area (Å²) in [4.78, 5) is 12.7. The van der Waals surface area contributed by atoms with Crippen molar-refractivity contribution >= 4 is 16.1 Å². The van der Waals surface area contributed by atoms with Crippen molar-refractivity contribution in [2.24, 2.45) is 17.8 Å². The fourth-order valence-electron chi connectivity index (χ4n) is 4.22. The molecule has 27 heavy (non-hydrogen) atoms. The van der Waals surface area contributed by atoms with Crippen molar-refractivity contribution in [3.8, 4) is 0 Å². The fourth-order valence-corrected chi connectivity index (χ4v) is 6.45. The monoisotopic (exact) mass is 401 g/mol. The van der Waals surface area contributed by atoms with E-state index in [0.717, 1.165) is 23.6 Å². The lowest BCUT2D eigenvalue weighted by atomic mass is 9.72. The first kappa shape index (κ1) is 22.2. The first-order valence-corrected chi connectivity index (χ1v) is 11.6. The van der Waals surface area contributed by atoms with Crippen molar-refractivity contribution in [3.63, 3.8) is 0 Å². The third-order valence-electron chi connectivity index (χ3n) is 5.51. The van der Waals surface area contributed by atoms with Gasteiger partial charge >= 0.3 is 6.09 Å². The Bertz CT molecular complexity index is 652. The predicted octanol–water partition coefficient (Wildman–Crippen LogP) is 3.97. The van der Waals surface area contributed by atoms with Gasteiger partial charge in [0.15, 0.2) is 0 Å². The van der Waals surface area contributed by atoms with Crippen LogP contribution in [-0.4, -0.2) is 48.9 Å². The lowest BCUT2D eigenvalue weighted by Crippen LogP contribution is -2.43. The van der Waals surface area contributed by atoms with Gasteiger partial charge in [-0.2, -0.15) is 0 Å². The Kier molecular flexibility index (Phi) is 7.01. The van der Waals surface area contributed by atoms with E-state index < -0.39 is 33.0 Å². The summed E-state index contributed by atoms with van der Waals surface area (Å²) >= 11 is 0. The summed E-state index contributed by atoms with van der Waals surface area (Å²) in [5.41, 5.74) is -0.745. The van der Waals surface area contributed by atoms with Gasteiger partial charge in [0.2, 0.25) is 10.0 Å². The number of sulfonamides is 1. The third kappa shape index (κ3) is 4.67. The Hall–Kier alpha value is -1.08. The number of ether oxygens (including phenoxy) is 2. The Morgan fingerprint density at radius 2 is 1.85 bits per heavy atom. The first-order valence-electron chi connectivity index (χ1n) is 10.1. The molecule has 1 amide bonds. The summed E-state index contributed by atoms with van der Waals surface area (Å²) in [6, 6.07) is -0.450. The van der Waals surface area contributed by atoms with Gasteiger partial charge in [-0.3, -0.25) is 0 Å². The molecule has 0 aromatic rings. The molecule has 2 rings (SSSR count). The normalized spacial score (nSPS) is 32.4. The molecule has 0 bridgehead atoms. The number of hydrogen-bond donors (Lipinski definition) is 0. The van der Waals surface area contributed by atoms with E-state index in [1.54, 1.807) is 26.8 Å². The van der Waals surface area contributed by atoms with E-state index in [2.05, 4.69) is 13.8 Å². The van der Waals surface area contributed by atoms with Gasteiger partial charge in [-0.15, -0.1) is 0 Å². The maximum Gasteiger partial charge on any atom is 0.424 e. The number of hydrogen-bond acceptors (Lipinski definition) is 5. The zero-order valence-corrected chi connectivity index (χ0v) is 18.3. The highest BCUT2D eigenvalue weighted by Gasteiger charge is 2.57. The van der Waals surface area contributed by atoms with Gasteiger partial charge in [0.1, 0.15) is 10.9 Å². The number of nitrogens with zero attached hydrogens (tertiary/aromatic N) is 1. The van der Waals surface area contributed by atoms with Crippen LogP contribution in [0, 0.1) is 17.8 Å². The number of allylic oxidation sites excluding steroid dienone is 1. The standard InChI is InChI=1S/C20H35NO5S/c1-7-9-12-25-13-16-15(8-2)10-11-17-18(16)14(3)21(27(17,23)24)19(22)26-20(4,5)6/h10-11,14-18H,7-9,12-13H2,1-6H3/t14-,15-,16+,17+,18+/m1/s1. The van der Waals surface area contributed by atoms with E-state index in [0.29, 0.717) is 13.2 Å². The molecule has 1 fully saturated rings. The average Bonchev–Trinajstić information content (AvgIpc) is 2.76. The van der Waals surface area contributed by atoms with Crippen LogP contribution < -0.4 is 0 Å². The van der Waals surface area contributed by atoms with E-state index in [-0.39, 0.29) is 17.8 Å². The molecular weight excluding hydrogens is 366 g/mol. The molecule has 6 nitrogen and oxygen atoms in total. The zero-order chi connectivity index (χ0) is 20.4. The Labute approximate surface area is 164 Å². The zero-order valence-electron chi connectivity index (χ0n) is 17.5. The summed E-state index contributed by atoms with van der Waals surface area (Å²) < 4.78 is 38.5. The Morgan fingerprint density at radius 3 is 2.41 bits per heavy atom. The molecule has 0 unspecified atom stereocenters. The van der Waals surface area contributed by atoms with Crippen LogP contribution in [0.5, 0.6) is 0 Å². The minimum Gasteiger partial charge on any atom is -0.443 e. The number of carbonyl (C=O) groups excluding carboxylic acids is 1. The van der Waals surface area contributed by atoms with Gasteiger partial charge in [-0.05, 0) is 52.4 Å². The molecule has 0 N–H and O–H groups in total. The second-order valence-electron chi connectivity index (χ2n) is 8.65. The van der Waals surface area contributed by atoms with Crippen molar-refractivity contribution in [1.82, 2.24) is 4.31 Å². The molecule has 0 radical (unpaired) electrons. The first-order chi connectivity index (χ1) is 12.5. The summed E-state index contributed by atoms with van der Waals surface area (Å²) in [6.45, 7) is 12.5. The summed E-state index contributed by atoms with van der Waals surface area (Å²) in [5, 5.41) is -0.692. The minimum absolute atomic E-state index is 0.0686. The predicted molar refractivity (Wildman–Crippen MR) is 106 cm³/mol. The molecule has 0 saturated carbocycles. The molecular formula is C20H35NO5S. The lowest BCUT2D eigenvalue weighted by Gasteiger charge is -2.36. The molecule has 0 spiro atoms. The Balaban J connectivity index is 2.29. The molecule has 0 aromatic heterocycles. The summed E-state index contributed by atoms with van der Waals surface area (Å²) in [6.07, 6.45) is 5.96. The SMILES string of the molecule is CCCCOC[C@@H]1[C@@H]2[C@@H](C)N(C(=O)OC(C)(C)C)S(=O)(=O)[C@H]2C=C[C@H]1CC. The van der Waals surface area contributed by atoms with Crippen molar-refractivity contribution in [2.75, 3.05) is 13.2 Å². The van der Waals surface area contributed by atoms with Gasteiger partial charge < -0.3 is 9.47 Å². The number of amides is 1. The summed E-state index contributed by atoms with van der Waals surface area (Å²) in [7, 11) is -3.79. The smallest absolute Gasteiger partial charge is 0.424 e. The molecule has 0 aromatic carbocycles. The van der Waals surface area contributed by atoms with Gasteiger partial charge in [-0.1, -0.05) is 32.4 Å². The second kappa shape index (κ2) is 8.52. The van der Waals surface area contributed by atoms with Crippen LogP contribution in [0.2, 0.25) is 0 Å². The molecule has 1 aliphatic heterocycles. The van der Waals surface area contributed by atoms with Crippen LogP contribution in [-0.2, 0) is 19.5 Å². The van der Waals surface area contributed by atoms with Gasteiger partial charge in [0.05, 0.1) is 12.6 Å². The topological polar surface area (TPSA) is 72.9 Å².